The maximum Gasteiger partial charge on any atom is 0.453 e. The standard InChI is InChI=1S/C15H7ClF4N4O2/c16-12-6-9(17)1-2-11(12)7-3-8(13(25)26)5-10(4-7)24-14(15(18,19)20)21-22-23-24/h1-6H,(H,25,26). The Hall–Kier alpha value is -3.01. The lowest BCUT2D eigenvalue weighted by Gasteiger charge is -2.11. The van der Waals surface area contributed by atoms with Gasteiger partial charge in [0.15, 0.2) is 0 Å². The average molecular weight is 387 g/mol. The summed E-state index contributed by atoms with van der Waals surface area (Å²) in [7, 11) is 0. The predicted molar refractivity (Wildman–Crippen MR) is 81.5 cm³/mol. The first-order chi connectivity index (χ1) is 12.2. The van der Waals surface area contributed by atoms with E-state index in [1.807, 2.05) is 0 Å². The van der Waals surface area contributed by atoms with Gasteiger partial charge in [-0.25, -0.2) is 9.18 Å². The molecule has 0 saturated carbocycles. The summed E-state index contributed by atoms with van der Waals surface area (Å²) in [5.41, 5.74) is -0.160. The summed E-state index contributed by atoms with van der Waals surface area (Å²) in [4.78, 5) is 11.4. The molecule has 1 heterocycles. The van der Waals surface area contributed by atoms with Crippen LogP contribution in [0.2, 0.25) is 5.02 Å². The smallest absolute Gasteiger partial charge is 0.453 e. The van der Waals surface area contributed by atoms with Crippen LogP contribution < -0.4 is 0 Å². The monoisotopic (exact) mass is 386 g/mol. The fourth-order valence-corrected chi connectivity index (χ4v) is 2.55. The van der Waals surface area contributed by atoms with Crippen LogP contribution in [0.15, 0.2) is 36.4 Å². The number of alkyl halides is 3. The van der Waals surface area contributed by atoms with E-state index in [4.69, 9.17) is 11.6 Å². The van der Waals surface area contributed by atoms with Crippen LogP contribution in [0.3, 0.4) is 0 Å². The first-order valence-electron chi connectivity index (χ1n) is 6.86. The molecule has 0 aliphatic carbocycles. The third-order valence-corrected chi connectivity index (χ3v) is 3.69. The molecule has 1 N–H and O–H groups in total. The summed E-state index contributed by atoms with van der Waals surface area (Å²) in [5.74, 6) is -3.42. The van der Waals surface area contributed by atoms with E-state index < -0.39 is 23.8 Å². The van der Waals surface area contributed by atoms with Gasteiger partial charge in [0.2, 0.25) is 0 Å². The first kappa shape index (κ1) is 17.8. The molecule has 2 aromatic carbocycles. The van der Waals surface area contributed by atoms with Crippen LogP contribution in [0.1, 0.15) is 16.2 Å². The number of hydrogen-bond acceptors (Lipinski definition) is 4. The molecule has 0 aliphatic heterocycles. The third-order valence-electron chi connectivity index (χ3n) is 3.37. The molecule has 0 spiro atoms. The second kappa shape index (κ2) is 6.37. The minimum atomic E-state index is -4.85. The predicted octanol–water partition coefficient (Wildman–Crippen LogP) is 3.84. The minimum absolute atomic E-state index is 0.0359. The van der Waals surface area contributed by atoms with Crippen molar-refractivity contribution in [1.82, 2.24) is 20.2 Å². The van der Waals surface area contributed by atoms with Crippen molar-refractivity contribution in [1.29, 1.82) is 0 Å². The van der Waals surface area contributed by atoms with Crippen LogP contribution in [-0.2, 0) is 6.18 Å². The second-order valence-corrected chi connectivity index (χ2v) is 5.52. The number of carbonyl (C=O) groups is 1. The van der Waals surface area contributed by atoms with Gasteiger partial charge in [-0.2, -0.15) is 17.9 Å². The van der Waals surface area contributed by atoms with E-state index in [0.29, 0.717) is 4.68 Å². The van der Waals surface area contributed by atoms with Crippen molar-refractivity contribution in [2.24, 2.45) is 0 Å². The molecule has 11 heteroatoms. The van der Waals surface area contributed by atoms with Crippen molar-refractivity contribution in [3.05, 3.63) is 58.6 Å². The van der Waals surface area contributed by atoms with Crippen molar-refractivity contribution in [3.8, 4) is 16.8 Å². The summed E-state index contributed by atoms with van der Waals surface area (Å²) < 4.78 is 52.6. The molecule has 0 fully saturated rings. The lowest BCUT2D eigenvalue weighted by atomic mass is 10.0. The van der Waals surface area contributed by atoms with E-state index in [2.05, 4.69) is 15.5 Å². The SMILES string of the molecule is O=C(O)c1cc(-c2ccc(F)cc2Cl)cc(-n2nnnc2C(F)(F)F)c1. The summed E-state index contributed by atoms with van der Waals surface area (Å²) in [6.07, 6.45) is -4.85. The Bertz CT molecular complexity index is 1000. The van der Waals surface area contributed by atoms with Gasteiger partial charge in [0.25, 0.3) is 5.82 Å². The van der Waals surface area contributed by atoms with Crippen LogP contribution in [0.5, 0.6) is 0 Å². The Morgan fingerprint density at radius 1 is 1.15 bits per heavy atom. The van der Waals surface area contributed by atoms with Crippen LogP contribution in [-0.4, -0.2) is 31.3 Å². The highest BCUT2D eigenvalue weighted by Gasteiger charge is 2.38. The Kier molecular flexibility index (Phi) is 4.36. The lowest BCUT2D eigenvalue weighted by Crippen LogP contribution is -2.15. The highest BCUT2D eigenvalue weighted by Crippen LogP contribution is 2.33. The molecule has 26 heavy (non-hydrogen) atoms. The zero-order chi connectivity index (χ0) is 19.1. The Morgan fingerprint density at radius 2 is 1.88 bits per heavy atom. The van der Waals surface area contributed by atoms with E-state index in [1.165, 1.54) is 18.2 Å². The number of nitrogens with zero attached hydrogens (tertiary/aromatic N) is 4. The highest BCUT2D eigenvalue weighted by molar-refractivity contribution is 6.33. The molecule has 0 atom stereocenters. The number of carboxylic acid groups (broad SMARTS) is 1. The number of tetrazole rings is 1. The topological polar surface area (TPSA) is 80.9 Å². The van der Waals surface area contributed by atoms with Gasteiger partial charge >= 0.3 is 12.1 Å². The molecular weight excluding hydrogens is 380 g/mol. The van der Waals surface area contributed by atoms with Crippen molar-refractivity contribution in [2.75, 3.05) is 0 Å². The molecule has 0 radical (unpaired) electrons. The van der Waals surface area contributed by atoms with Gasteiger partial charge in [-0.05, 0) is 52.4 Å². The number of aromatic nitrogens is 4. The first-order valence-corrected chi connectivity index (χ1v) is 7.24. The largest absolute Gasteiger partial charge is 0.478 e. The zero-order valence-electron chi connectivity index (χ0n) is 12.5. The summed E-state index contributed by atoms with van der Waals surface area (Å²) >= 11 is 5.96. The summed E-state index contributed by atoms with van der Waals surface area (Å²) in [6, 6.07) is 6.77. The van der Waals surface area contributed by atoms with E-state index in [9.17, 15) is 27.5 Å². The molecule has 0 aliphatic rings. The minimum Gasteiger partial charge on any atom is -0.478 e. The molecule has 134 valence electrons. The molecule has 0 saturated heterocycles. The molecular formula is C15H7ClF4N4O2. The van der Waals surface area contributed by atoms with Crippen molar-refractivity contribution in [3.63, 3.8) is 0 Å². The van der Waals surface area contributed by atoms with E-state index >= 15 is 0 Å². The van der Waals surface area contributed by atoms with E-state index in [-0.39, 0.29) is 27.4 Å². The Balaban J connectivity index is 2.24. The van der Waals surface area contributed by atoms with Gasteiger partial charge in [0.05, 0.1) is 16.3 Å². The zero-order valence-corrected chi connectivity index (χ0v) is 13.3. The number of benzene rings is 2. The fraction of sp³-hybridized carbons (Fsp3) is 0.0667. The maximum atomic E-state index is 13.2. The normalized spacial score (nSPS) is 11.6. The molecule has 1 aromatic heterocycles. The average Bonchev–Trinajstić information content (AvgIpc) is 3.04. The van der Waals surface area contributed by atoms with Crippen LogP contribution in [0.4, 0.5) is 17.6 Å². The Morgan fingerprint density at radius 3 is 2.50 bits per heavy atom. The molecule has 0 amide bonds. The third kappa shape index (κ3) is 3.36. The number of aromatic carboxylic acids is 1. The molecule has 0 bridgehead atoms. The van der Waals surface area contributed by atoms with E-state index in [1.54, 1.807) is 0 Å². The van der Waals surface area contributed by atoms with Crippen LogP contribution in [0.25, 0.3) is 16.8 Å². The van der Waals surface area contributed by atoms with Gasteiger partial charge in [-0.3, -0.25) is 0 Å². The summed E-state index contributed by atoms with van der Waals surface area (Å²) in [5, 5.41) is 18.4. The summed E-state index contributed by atoms with van der Waals surface area (Å²) in [6.45, 7) is 0. The molecule has 3 aromatic rings. The fourth-order valence-electron chi connectivity index (χ4n) is 2.27. The van der Waals surface area contributed by atoms with E-state index in [0.717, 1.165) is 18.2 Å². The van der Waals surface area contributed by atoms with Crippen LogP contribution >= 0.6 is 11.6 Å². The second-order valence-electron chi connectivity index (χ2n) is 5.11. The Labute approximate surface area is 147 Å². The van der Waals surface area contributed by atoms with Crippen molar-refractivity contribution in [2.45, 2.75) is 6.18 Å². The quantitative estimate of drug-likeness (QED) is 0.692. The van der Waals surface area contributed by atoms with Crippen LogP contribution in [0, 0.1) is 5.82 Å². The van der Waals surface area contributed by atoms with Gasteiger partial charge in [0.1, 0.15) is 5.82 Å². The van der Waals surface area contributed by atoms with Gasteiger partial charge < -0.3 is 5.11 Å². The van der Waals surface area contributed by atoms with Gasteiger partial charge in [-0.1, -0.05) is 11.6 Å². The highest BCUT2D eigenvalue weighted by atomic mass is 35.5. The molecule has 6 nitrogen and oxygen atoms in total. The molecule has 0 unspecified atom stereocenters. The van der Waals surface area contributed by atoms with Gasteiger partial charge in [0, 0.05) is 5.56 Å². The lowest BCUT2D eigenvalue weighted by molar-refractivity contribution is -0.146. The maximum absolute atomic E-state index is 13.2. The number of rotatable bonds is 3. The number of hydrogen-bond donors (Lipinski definition) is 1. The van der Waals surface area contributed by atoms with Gasteiger partial charge in [-0.15, -0.1) is 5.10 Å². The number of halogens is 5. The molecule has 3 rings (SSSR count). The van der Waals surface area contributed by atoms with Crippen molar-refractivity contribution >= 4 is 17.6 Å². The van der Waals surface area contributed by atoms with Crippen molar-refractivity contribution < 1.29 is 27.5 Å². The number of carboxylic acids is 1.